The van der Waals surface area contributed by atoms with Crippen LogP contribution in [0.5, 0.6) is 0 Å². The van der Waals surface area contributed by atoms with Crippen LogP contribution in [0, 0.1) is 17.8 Å². The maximum atomic E-state index is 12.9. The second-order valence-electron chi connectivity index (χ2n) is 10.2. The number of carbonyl (C=O) groups is 3. The van der Waals surface area contributed by atoms with Crippen molar-refractivity contribution >= 4 is 18.0 Å². The second-order valence-corrected chi connectivity index (χ2v) is 10.2. The minimum Gasteiger partial charge on any atom is -0.480 e. The fourth-order valence-corrected chi connectivity index (χ4v) is 5.09. The average Bonchev–Trinajstić information content (AvgIpc) is 3.79. The predicted molar refractivity (Wildman–Crippen MR) is 131 cm³/mol. The summed E-state index contributed by atoms with van der Waals surface area (Å²) in [7, 11) is 0. The summed E-state index contributed by atoms with van der Waals surface area (Å²) >= 11 is 0. The van der Waals surface area contributed by atoms with Crippen LogP contribution in [0.2, 0.25) is 0 Å². The second kappa shape index (κ2) is 10.1. The number of carboxylic acids is 1. The lowest BCUT2D eigenvalue weighted by Crippen LogP contribution is -2.46. The number of aliphatic carboxylic acids is 1. The zero-order valence-electron chi connectivity index (χ0n) is 19.7. The molecule has 2 saturated carbocycles. The first kappa shape index (κ1) is 23.4. The predicted octanol–water partition coefficient (Wildman–Crippen LogP) is 4.31. The Balaban J connectivity index is 1.17. The summed E-state index contributed by atoms with van der Waals surface area (Å²) in [6.07, 6.45) is 4.73. The Bertz CT molecular complexity index is 1060. The van der Waals surface area contributed by atoms with Crippen molar-refractivity contribution < 1.29 is 24.2 Å². The molecule has 0 saturated heterocycles. The number of carboxylic acid groups (broad SMARTS) is 1. The summed E-state index contributed by atoms with van der Waals surface area (Å²) in [5.41, 5.74) is 4.61. The minimum atomic E-state index is -1.00. The van der Waals surface area contributed by atoms with Crippen molar-refractivity contribution in [3.05, 3.63) is 59.7 Å². The third-order valence-corrected chi connectivity index (χ3v) is 7.40. The van der Waals surface area contributed by atoms with Crippen molar-refractivity contribution in [3.63, 3.8) is 0 Å². The molecule has 7 heteroatoms. The Labute approximate surface area is 205 Å². The van der Waals surface area contributed by atoms with Crippen molar-refractivity contribution in [2.45, 2.75) is 50.5 Å². The normalized spacial score (nSPS) is 18.2. The fourth-order valence-electron chi connectivity index (χ4n) is 5.09. The summed E-state index contributed by atoms with van der Waals surface area (Å²) in [4.78, 5) is 37.1. The van der Waals surface area contributed by atoms with Gasteiger partial charge in [0, 0.05) is 12.5 Å². The van der Waals surface area contributed by atoms with Gasteiger partial charge < -0.3 is 20.5 Å². The van der Waals surface area contributed by atoms with E-state index in [1.807, 2.05) is 24.3 Å². The molecule has 2 atom stereocenters. The number of amides is 2. The Kier molecular flexibility index (Phi) is 6.75. The zero-order valence-corrected chi connectivity index (χ0v) is 19.7. The molecule has 3 N–H and O–H groups in total. The number of hydrogen-bond acceptors (Lipinski definition) is 4. The molecule has 35 heavy (non-hydrogen) atoms. The van der Waals surface area contributed by atoms with E-state index >= 15 is 0 Å². The van der Waals surface area contributed by atoms with Crippen molar-refractivity contribution in [2.24, 2.45) is 17.8 Å². The Hall–Kier alpha value is -3.35. The van der Waals surface area contributed by atoms with Crippen molar-refractivity contribution in [2.75, 3.05) is 13.2 Å². The highest BCUT2D eigenvalue weighted by Crippen LogP contribution is 2.44. The van der Waals surface area contributed by atoms with Crippen molar-refractivity contribution in [1.82, 2.24) is 10.6 Å². The van der Waals surface area contributed by atoms with Gasteiger partial charge in [0.1, 0.15) is 12.6 Å². The molecule has 184 valence electrons. The summed E-state index contributed by atoms with van der Waals surface area (Å²) in [6, 6.07) is 15.4. The van der Waals surface area contributed by atoms with Crippen LogP contribution in [0.15, 0.2) is 48.5 Å². The Morgan fingerprint density at radius 1 is 0.886 bits per heavy atom. The highest BCUT2D eigenvalue weighted by atomic mass is 16.5. The highest BCUT2D eigenvalue weighted by Gasteiger charge is 2.34. The molecule has 0 radical (unpaired) electrons. The number of nitrogens with one attached hydrogen (secondary N) is 2. The van der Waals surface area contributed by atoms with Gasteiger partial charge in [-0.1, -0.05) is 74.2 Å². The van der Waals surface area contributed by atoms with Gasteiger partial charge >= 0.3 is 12.1 Å². The third-order valence-electron chi connectivity index (χ3n) is 7.40. The van der Waals surface area contributed by atoms with E-state index in [-0.39, 0.29) is 25.0 Å². The molecule has 3 aliphatic rings. The van der Waals surface area contributed by atoms with Gasteiger partial charge in [-0.15, -0.1) is 0 Å². The lowest BCUT2D eigenvalue weighted by atomic mass is 9.98. The molecule has 2 aromatic carbocycles. The summed E-state index contributed by atoms with van der Waals surface area (Å²) in [5.74, 6) is -0.954. The van der Waals surface area contributed by atoms with Crippen molar-refractivity contribution in [1.29, 1.82) is 0 Å². The van der Waals surface area contributed by atoms with Crippen LogP contribution >= 0.6 is 0 Å². The van der Waals surface area contributed by atoms with Gasteiger partial charge in [-0.2, -0.15) is 0 Å². The fraction of sp³-hybridized carbons (Fsp3) is 0.464. The Morgan fingerprint density at radius 3 is 2.03 bits per heavy atom. The van der Waals surface area contributed by atoms with Crippen LogP contribution in [0.4, 0.5) is 4.79 Å². The summed E-state index contributed by atoms with van der Waals surface area (Å²) in [6.45, 7) is 0.344. The third kappa shape index (κ3) is 5.66. The number of carbonyl (C=O) groups excluding carboxylic acids is 2. The zero-order chi connectivity index (χ0) is 24.4. The highest BCUT2D eigenvalue weighted by molar-refractivity contribution is 5.85. The maximum absolute atomic E-state index is 12.9. The van der Waals surface area contributed by atoms with Crippen LogP contribution in [0.3, 0.4) is 0 Å². The van der Waals surface area contributed by atoms with Crippen LogP contribution in [0.1, 0.15) is 55.6 Å². The van der Waals surface area contributed by atoms with E-state index in [4.69, 9.17) is 4.74 Å². The van der Waals surface area contributed by atoms with E-state index in [1.54, 1.807) is 0 Å². The number of fused-ring (bicyclic) bond motifs is 3. The van der Waals surface area contributed by atoms with Gasteiger partial charge in [0.2, 0.25) is 5.91 Å². The van der Waals surface area contributed by atoms with Gasteiger partial charge in [-0.05, 0) is 46.9 Å². The number of ether oxygens (including phenoxy) is 1. The van der Waals surface area contributed by atoms with E-state index in [0.717, 1.165) is 47.9 Å². The van der Waals surface area contributed by atoms with Gasteiger partial charge in [-0.3, -0.25) is 4.79 Å². The Morgan fingerprint density at radius 2 is 1.46 bits per heavy atom. The molecular formula is C28H32N2O5. The molecule has 0 heterocycles. The maximum Gasteiger partial charge on any atom is 0.407 e. The molecule has 2 aromatic rings. The molecule has 0 aliphatic heterocycles. The topological polar surface area (TPSA) is 105 Å². The first-order chi connectivity index (χ1) is 17.0. The van der Waals surface area contributed by atoms with E-state index in [1.165, 1.54) is 0 Å². The first-order valence-electron chi connectivity index (χ1n) is 12.6. The summed E-state index contributed by atoms with van der Waals surface area (Å²) in [5, 5.41) is 15.0. The van der Waals surface area contributed by atoms with Gasteiger partial charge in [-0.25, -0.2) is 9.59 Å². The molecule has 1 unspecified atom stereocenters. The first-order valence-corrected chi connectivity index (χ1v) is 12.6. The largest absolute Gasteiger partial charge is 0.480 e. The molecule has 0 bridgehead atoms. The van der Waals surface area contributed by atoms with E-state index in [2.05, 4.69) is 34.9 Å². The van der Waals surface area contributed by atoms with E-state index in [0.29, 0.717) is 24.7 Å². The standard InChI is InChI=1S/C28H32N2O5/c31-26(30-25(27(32)33)14-18-11-12-18)19(13-17-9-10-17)15-29-28(34)35-16-24-22-7-3-1-5-20(22)21-6-2-4-8-23(21)24/h1-8,17-19,24-25H,9-16H2,(H,29,34)(H,30,31)(H,32,33)/t19?,25-/m0/s1. The van der Waals surface area contributed by atoms with Crippen LogP contribution in [-0.2, 0) is 14.3 Å². The van der Waals surface area contributed by atoms with Crippen LogP contribution in [0.25, 0.3) is 11.1 Å². The number of alkyl carbamates (subject to hydrolysis) is 1. The lowest BCUT2D eigenvalue weighted by molar-refractivity contribution is -0.142. The molecule has 0 spiro atoms. The smallest absolute Gasteiger partial charge is 0.407 e. The number of rotatable bonds is 11. The SMILES string of the molecule is O=C(NCC(CC1CC1)C(=O)N[C@@H](CC1CC1)C(=O)O)OCC1c2ccccc2-c2ccccc21. The van der Waals surface area contributed by atoms with Crippen molar-refractivity contribution in [3.8, 4) is 11.1 Å². The van der Waals surface area contributed by atoms with Gasteiger partial charge in [0.05, 0.1) is 5.92 Å². The lowest BCUT2D eigenvalue weighted by Gasteiger charge is -2.21. The van der Waals surface area contributed by atoms with Crippen LogP contribution < -0.4 is 10.6 Å². The summed E-state index contributed by atoms with van der Waals surface area (Å²) < 4.78 is 5.59. The molecular weight excluding hydrogens is 444 g/mol. The number of hydrogen-bond donors (Lipinski definition) is 3. The molecule has 2 fully saturated rings. The quantitative estimate of drug-likeness (QED) is 0.448. The molecule has 7 nitrogen and oxygen atoms in total. The van der Waals surface area contributed by atoms with E-state index in [9.17, 15) is 19.5 Å². The molecule has 0 aromatic heterocycles. The molecule has 5 rings (SSSR count). The van der Waals surface area contributed by atoms with Crippen LogP contribution in [-0.4, -0.2) is 42.3 Å². The van der Waals surface area contributed by atoms with E-state index < -0.39 is 24.0 Å². The monoisotopic (exact) mass is 476 g/mol. The minimum absolute atomic E-state index is 0.0301. The average molecular weight is 477 g/mol. The molecule has 2 amide bonds. The number of benzene rings is 2. The molecule has 3 aliphatic carbocycles. The van der Waals surface area contributed by atoms with Gasteiger partial charge in [0.15, 0.2) is 0 Å². The van der Waals surface area contributed by atoms with Gasteiger partial charge in [0.25, 0.3) is 0 Å².